The number of H-pyrrole nitrogens is 2. The zero-order valence-corrected chi connectivity index (χ0v) is 8.37. The minimum atomic E-state index is -0.645. The SMILES string of the molecule is O=c1[nH]c(=O)c2cc3n(c(=O)c2[nH]1)CCC3. The Hall–Kier alpha value is -2.11. The average molecular weight is 219 g/mol. The molecule has 0 amide bonds. The van der Waals surface area contributed by atoms with Gasteiger partial charge in [0.05, 0.1) is 5.39 Å². The highest BCUT2D eigenvalue weighted by molar-refractivity contribution is 5.76. The standard InChI is InChI=1S/C10H9N3O3/c14-8-6-4-5-2-1-3-13(5)9(15)7(6)11-10(16)12-8/h4H,1-3H2,(H2,11,12,14,16). The molecule has 6 heteroatoms. The van der Waals surface area contributed by atoms with Gasteiger partial charge in [0.1, 0.15) is 5.52 Å². The van der Waals surface area contributed by atoms with Crippen molar-refractivity contribution in [2.24, 2.45) is 0 Å². The van der Waals surface area contributed by atoms with Gasteiger partial charge >= 0.3 is 5.69 Å². The number of nitrogens with zero attached hydrogens (tertiary/aromatic N) is 1. The summed E-state index contributed by atoms with van der Waals surface area (Å²) < 4.78 is 1.61. The van der Waals surface area contributed by atoms with Crippen molar-refractivity contribution in [3.05, 3.63) is 43.0 Å². The second kappa shape index (κ2) is 2.94. The lowest BCUT2D eigenvalue weighted by Gasteiger charge is -2.04. The van der Waals surface area contributed by atoms with Gasteiger partial charge in [0.2, 0.25) is 0 Å². The minimum Gasteiger partial charge on any atom is -0.311 e. The molecule has 1 aliphatic heterocycles. The molecule has 0 fully saturated rings. The van der Waals surface area contributed by atoms with E-state index in [1.807, 2.05) is 0 Å². The summed E-state index contributed by atoms with van der Waals surface area (Å²) >= 11 is 0. The van der Waals surface area contributed by atoms with Gasteiger partial charge in [-0.2, -0.15) is 0 Å². The molecule has 2 aromatic heterocycles. The highest BCUT2D eigenvalue weighted by atomic mass is 16.2. The number of rotatable bonds is 0. The molecule has 6 nitrogen and oxygen atoms in total. The van der Waals surface area contributed by atoms with Gasteiger partial charge in [-0.15, -0.1) is 0 Å². The molecule has 16 heavy (non-hydrogen) atoms. The third-order valence-electron chi connectivity index (χ3n) is 2.91. The maximum absolute atomic E-state index is 12.0. The van der Waals surface area contributed by atoms with Gasteiger partial charge in [-0.25, -0.2) is 4.79 Å². The zero-order valence-electron chi connectivity index (χ0n) is 8.37. The number of nitrogens with one attached hydrogen (secondary N) is 2. The first-order valence-electron chi connectivity index (χ1n) is 5.06. The quantitative estimate of drug-likeness (QED) is 0.615. The summed E-state index contributed by atoms with van der Waals surface area (Å²) in [5.41, 5.74) is -0.484. The Balaban J connectivity index is 2.61. The van der Waals surface area contributed by atoms with Crippen LogP contribution in [0, 0.1) is 0 Å². The van der Waals surface area contributed by atoms with Crippen LogP contribution in [0.3, 0.4) is 0 Å². The van der Waals surface area contributed by atoms with Crippen LogP contribution in [-0.2, 0) is 13.0 Å². The van der Waals surface area contributed by atoms with E-state index in [2.05, 4.69) is 9.97 Å². The lowest BCUT2D eigenvalue weighted by molar-refractivity contribution is 0.724. The van der Waals surface area contributed by atoms with E-state index >= 15 is 0 Å². The van der Waals surface area contributed by atoms with Crippen molar-refractivity contribution in [2.75, 3.05) is 0 Å². The van der Waals surface area contributed by atoms with Crippen LogP contribution in [0.25, 0.3) is 10.9 Å². The first-order valence-corrected chi connectivity index (χ1v) is 5.06. The van der Waals surface area contributed by atoms with Crippen LogP contribution < -0.4 is 16.8 Å². The number of fused-ring (bicyclic) bond motifs is 2. The molecule has 0 aromatic carbocycles. The summed E-state index contributed by atoms with van der Waals surface area (Å²) in [5.74, 6) is 0. The Morgan fingerprint density at radius 2 is 2.00 bits per heavy atom. The Labute approximate surface area is 88.6 Å². The molecule has 3 rings (SSSR count). The topological polar surface area (TPSA) is 87.7 Å². The second-order valence-electron chi connectivity index (χ2n) is 3.89. The van der Waals surface area contributed by atoms with Crippen molar-refractivity contribution in [1.29, 1.82) is 0 Å². The fraction of sp³-hybridized carbons (Fsp3) is 0.300. The lowest BCUT2D eigenvalue weighted by Crippen LogP contribution is -2.29. The monoisotopic (exact) mass is 219 g/mol. The zero-order chi connectivity index (χ0) is 11.3. The van der Waals surface area contributed by atoms with Crippen molar-refractivity contribution in [2.45, 2.75) is 19.4 Å². The predicted octanol–water partition coefficient (Wildman–Crippen LogP) is -0.676. The normalized spacial score (nSPS) is 14.2. The van der Waals surface area contributed by atoms with Crippen molar-refractivity contribution >= 4 is 10.9 Å². The first-order chi connectivity index (χ1) is 7.66. The molecular weight excluding hydrogens is 210 g/mol. The molecule has 0 aliphatic carbocycles. The third kappa shape index (κ3) is 1.09. The van der Waals surface area contributed by atoms with Gasteiger partial charge in [0.25, 0.3) is 11.1 Å². The highest BCUT2D eigenvalue weighted by Gasteiger charge is 2.16. The highest BCUT2D eigenvalue weighted by Crippen LogP contribution is 2.13. The van der Waals surface area contributed by atoms with Crippen molar-refractivity contribution < 1.29 is 0 Å². The largest absolute Gasteiger partial charge is 0.326 e. The van der Waals surface area contributed by atoms with Gasteiger partial charge in [-0.1, -0.05) is 0 Å². The summed E-state index contributed by atoms with van der Waals surface area (Å²) in [6, 6.07) is 1.68. The number of pyridine rings is 1. The maximum Gasteiger partial charge on any atom is 0.326 e. The Morgan fingerprint density at radius 1 is 1.19 bits per heavy atom. The molecule has 0 saturated heterocycles. The van der Waals surface area contributed by atoms with Crippen molar-refractivity contribution in [3.63, 3.8) is 0 Å². The molecule has 0 bridgehead atoms. The lowest BCUT2D eigenvalue weighted by atomic mass is 10.2. The van der Waals surface area contributed by atoms with E-state index in [1.54, 1.807) is 10.6 Å². The van der Waals surface area contributed by atoms with Gasteiger partial charge in [0, 0.05) is 12.2 Å². The van der Waals surface area contributed by atoms with Crippen LogP contribution in [0.1, 0.15) is 12.1 Å². The van der Waals surface area contributed by atoms with Crippen LogP contribution in [0.15, 0.2) is 20.4 Å². The van der Waals surface area contributed by atoms with Crippen LogP contribution in [0.4, 0.5) is 0 Å². The van der Waals surface area contributed by atoms with Gasteiger partial charge in [-0.05, 0) is 18.9 Å². The summed E-state index contributed by atoms with van der Waals surface area (Å²) in [5, 5.41) is 0.262. The first kappa shape index (κ1) is 9.14. The van der Waals surface area contributed by atoms with Crippen molar-refractivity contribution in [1.82, 2.24) is 14.5 Å². The molecular formula is C10H9N3O3. The molecule has 3 heterocycles. The van der Waals surface area contributed by atoms with Crippen LogP contribution >= 0.6 is 0 Å². The number of aryl methyl sites for hydroxylation is 1. The smallest absolute Gasteiger partial charge is 0.311 e. The van der Waals surface area contributed by atoms with E-state index in [-0.39, 0.29) is 16.5 Å². The fourth-order valence-corrected chi connectivity index (χ4v) is 2.18. The molecule has 0 saturated carbocycles. The third-order valence-corrected chi connectivity index (χ3v) is 2.91. The van der Waals surface area contributed by atoms with Crippen LogP contribution in [-0.4, -0.2) is 14.5 Å². The van der Waals surface area contributed by atoms with E-state index in [1.165, 1.54) is 0 Å². The van der Waals surface area contributed by atoms with Gasteiger partial charge in [0.15, 0.2) is 0 Å². The van der Waals surface area contributed by atoms with E-state index in [4.69, 9.17) is 0 Å². The molecule has 0 spiro atoms. The van der Waals surface area contributed by atoms with Gasteiger partial charge < -0.3 is 9.55 Å². The van der Waals surface area contributed by atoms with E-state index in [0.29, 0.717) is 6.54 Å². The Morgan fingerprint density at radius 3 is 2.81 bits per heavy atom. The number of aromatic amines is 2. The molecule has 2 aromatic rings. The number of hydrogen-bond donors (Lipinski definition) is 2. The molecule has 1 aliphatic rings. The van der Waals surface area contributed by atoms with Gasteiger partial charge in [-0.3, -0.25) is 14.6 Å². The number of hydrogen-bond acceptors (Lipinski definition) is 3. The van der Waals surface area contributed by atoms with Crippen molar-refractivity contribution in [3.8, 4) is 0 Å². The van der Waals surface area contributed by atoms with E-state index < -0.39 is 11.2 Å². The molecule has 0 unspecified atom stereocenters. The van der Waals surface area contributed by atoms with Crippen LogP contribution in [0.2, 0.25) is 0 Å². The summed E-state index contributed by atoms with van der Waals surface area (Å²) in [7, 11) is 0. The minimum absolute atomic E-state index is 0.0967. The fourth-order valence-electron chi connectivity index (χ4n) is 2.18. The molecule has 82 valence electrons. The molecule has 0 radical (unpaired) electrons. The Bertz CT molecular complexity index is 750. The second-order valence-corrected chi connectivity index (χ2v) is 3.89. The predicted molar refractivity (Wildman–Crippen MR) is 57.8 cm³/mol. The maximum atomic E-state index is 12.0. The Kier molecular flexibility index (Phi) is 1.68. The number of aromatic nitrogens is 3. The average Bonchev–Trinajstić information content (AvgIpc) is 2.68. The van der Waals surface area contributed by atoms with Crippen LogP contribution in [0.5, 0.6) is 0 Å². The summed E-state index contributed by atoms with van der Waals surface area (Å²) in [4.78, 5) is 39.1. The summed E-state index contributed by atoms with van der Waals surface area (Å²) in [6.07, 6.45) is 1.69. The van der Waals surface area contributed by atoms with E-state index in [9.17, 15) is 14.4 Å². The van der Waals surface area contributed by atoms with E-state index in [0.717, 1.165) is 18.5 Å². The molecule has 2 N–H and O–H groups in total. The molecule has 0 atom stereocenters. The summed E-state index contributed by atoms with van der Waals surface area (Å²) in [6.45, 7) is 0.652.